The van der Waals surface area contributed by atoms with Gasteiger partial charge in [-0.3, -0.25) is 9.78 Å². The van der Waals surface area contributed by atoms with Crippen molar-refractivity contribution >= 4 is 5.91 Å². The van der Waals surface area contributed by atoms with Gasteiger partial charge in [-0.1, -0.05) is 57.0 Å². The van der Waals surface area contributed by atoms with E-state index in [1.807, 2.05) is 24.0 Å². The van der Waals surface area contributed by atoms with Crippen LogP contribution >= 0.6 is 0 Å². The average Bonchev–Trinajstić information content (AvgIpc) is 2.69. The lowest BCUT2D eigenvalue weighted by Gasteiger charge is -2.32. The molecule has 0 spiro atoms. The number of pyridine rings is 1. The SMILES string of the molecule is CCCC.Cc1ccncc1C(=O)N1CCC(c2ccccc2)CC1. The molecule has 25 heavy (non-hydrogen) atoms. The molecular formula is C22H30N2O. The number of piperidine rings is 1. The van der Waals surface area contributed by atoms with Crippen LogP contribution in [0.1, 0.15) is 66.9 Å². The van der Waals surface area contributed by atoms with Crippen LogP contribution in [0.2, 0.25) is 0 Å². The number of carbonyl (C=O) groups is 1. The van der Waals surface area contributed by atoms with Crippen LogP contribution in [-0.4, -0.2) is 28.9 Å². The quantitative estimate of drug-likeness (QED) is 0.769. The Morgan fingerprint density at radius 1 is 1.08 bits per heavy atom. The number of amides is 1. The van der Waals surface area contributed by atoms with E-state index in [9.17, 15) is 4.79 Å². The van der Waals surface area contributed by atoms with E-state index in [4.69, 9.17) is 0 Å². The molecule has 1 aromatic carbocycles. The van der Waals surface area contributed by atoms with Gasteiger partial charge >= 0.3 is 0 Å². The number of aromatic nitrogens is 1. The van der Waals surface area contributed by atoms with E-state index >= 15 is 0 Å². The second-order valence-corrected chi connectivity index (χ2v) is 6.67. The molecule has 0 atom stereocenters. The van der Waals surface area contributed by atoms with Crippen LogP contribution in [0.5, 0.6) is 0 Å². The first-order valence-corrected chi connectivity index (χ1v) is 9.42. The lowest BCUT2D eigenvalue weighted by atomic mass is 9.89. The predicted octanol–water partition coefficient (Wildman–Crippen LogP) is 5.22. The van der Waals surface area contributed by atoms with Gasteiger partial charge in [-0.05, 0) is 42.9 Å². The van der Waals surface area contributed by atoms with Crippen molar-refractivity contribution in [3.8, 4) is 0 Å². The Hall–Kier alpha value is -2.16. The zero-order valence-electron chi connectivity index (χ0n) is 15.7. The molecule has 1 aliphatic heterocycles. The number of nitrogens with zero attached hydrogens (tertiary/aromatic N) is 2. The summed E-state index contributed by atoms with van der Waals surface area (Å²) < 4.78 is 0. The monoisotopic (exact) mass is 338 g/mol. The van der Waals surface area contributed by atoms with E-state index in [2.05, 4.69) is 43.1 Å². The molecule has 3 nitrogen and oxygen atoms in total. The summed E-state index contributed by atoms with van der Waals surface area (Å²) in [6.45, 7) is 7.98. The number of hydrogen-bond donors (Lipinski definition) is 0. The zero-order valence-corrected chi connectivity index (χ0v) is 15.7. The average molecular weight is 338 g/mol. The minimum absolute atomic E-state index is 0.118. The van der Waals surface area contributed by atoms with Gasteiger partial charge in [-0.25, -0.2) is 0 Å². The van der Waals surface area contributed by atoms with Gasteiger partial charge in [0.25, 0.3) is 5.91 Å². The zero-order chi connectivity index (χ0) is 18.1. The second-order valence-electron chi connectivity index (χ2n) is 6.67. The first-order valence-electron chi connectivity index (χ1n) is 9.42. The lowest BCUT2D eigenvalue weighted by Crippen LogP contribution is -2.38. The summed E-state index contributed by atoms with van der Waals surface area (Å²) in [6, 6.07) is 12.5. The van der Waals surface area contributed by atoms with Gasteiger partial charge in [0.2, 0.25) is 0 Å². The van der Waals surface area contributed by atoms with Crippen molar-refractivity contribution in [1.82, 2.24) is 9.88 Å². The Morgan fingerprint density at radius 3 is 2.28 bits per heavy atom. The van der Waals surface area contributed by atoms with Crippen LogP contribution in [0.4, 0.5) is 0 Å². The fraction of sp³-hybridized carbons (Fsp3) is 0.455. The highest BCUT2D eigenvalue weighted by Gasteiger charge is 2.25. The molecule has 3 rings (SSSR count). The van der Waals surface area contributed by atoms with E-state index in [1.165, 1.54) is 18.4 Å². The molecule has 1 aromatic heterocycles. The van der Waals surface area contributed by atoms with E-state index in [0.29, 0.717) is 5.92 Å². The van der Waals surface area contributed by atoms with E-state index in [-0.39, 0.29) is 5.91 Å². The highest BCUT2D eigenvalue weighted by atomic mass is 16.2. The van der Waals surface area contributed by atoms with Crippen molar-refractivity contribution in [2.75, 3.05) is 13.1 Å². The minimum atomic E-state index is 0.118. The maximum atomic E-state index is 12.5. The van der Waals surface area contributed by atoms with Crippen LogP contribution in [0.3, 0.4) is 0 Å². The van der Waals surface area contributed by atoms with Crippen molar-refractivity contribution in [3.63, 3.8) is 0 Å². The molecular weight excluding hydrogens is 308 g/mol. The third kappa shape index (κ3) is 5.42. The maximum absolute atomic E-state index is 12.5. The number of unbranched alkanes of at least 4 members (excludes halogenated alkanes) is 1. The van der Waals surface area contributed by atoms with Crippen molar-refractivity contribution in [1.29, 1.82) is 0 Å². The second kappa shape index (κ2) is 9.97. The molecule has 0 N–H and O–H groups in total. The fourth-order valence-corrected chi connectivity index (χ4v) is 3.00. The van der Waals surface area contributed by atoms with Gasteiger partial charge in [0.05, 0.1) is 5.56 Å². The normalized spacial score (nSPS) is 14.6. The summed E-state index contributed by atoms with van der Waals surface area (Å²) in [5.74, 6) is 0.692. The molecule has 1 aliphatic rings. The number of rotatable bonds is 3. The summed E-state index contributed by atoms with van der Waals surface area (Å²) >= 11 is 0. The predicted molar refractivity (Wildman–Crippen MR) is 104 cm³/mol. The maximum Gasteiger partial charge on any atom is 0.255 e. The first-order chi connectivity index (χ1) is 12.2. The smallest absolute Gasteiger partial charge is 0.255 e. The Balaban J connectivity index is 0.000000511. The highest BCUT2D eigenvalue weighted by Crippen LogP contribution is 2.28. The number of hydrogen-bond acceptors (Lipinski definition) is 2. The molecule has 0 bridgehead atoms. The molecule has 2 heterocycles. The van der Waals surface area contributed by atoms with Gasteiger partial charge in [0, 0.05) is 25.5 Å². The first kappa shape index (κ1) is 19.2. The Kier molecular flexibility index (Phi) is 7.65. The molecule has 1 fully saturated rings. The number of likely N-dealkylation sites (tertiary alicyclic amines) is 1. The summed E-state index contributed by atoms with van der Waals surface area (Å²) in [4.78, 5) is 18.6. The molecule has 0 aliphatic carbocycles. The summed E-state index contributed by atoms with van der Waals surface area (Å²) in [7, 11) is 0. The molecule has 0 radical (unpaired) electrons. The minimum Gasteiger partial charge on any atom is -0.339 e. The molecule has 1 amide bonds. The van der Waals surface area contributed by atoms with Crippen LogP contribution in [-0.2, 0) is 0 Å². The molecule has 2 aromatic rings. The summed E-state index contributed by atoms with van der Waals surface area (Å²) in [6.07, 6.45) is 8.12. The number of carbonyl (C=O) groups excluding carboxylic acids is 1. The van der Waals surface area contributed by atoms with Crippen molar-refractivity contribution in [3.05, 3.63) is 65.5 Å². The fourth-order valence-electron chi connectivity index (χ4n) is 3.00. The largest absolute Gasteiger partial charge is 0.339 e. The number of benzene rings is 1. The van der Waals surface area contributed by atoms with Gasteiger partial charge in [-0.2, -0.15) is 0 Å². The van der Waals surface area contributed by atoms with Gasteiger partial charge in [0.15, 0.2) is 0 Å². The molecule has 0 unspecified atom stereocenters. The van der Waals surface area contributed by atoms with E-state index in [0.717, 1.165) is 37.1 Å². The van der Waals surface area contributed by atoms with Crippen LogP contribution in [0, 0.1) is 6.92 Å². The Morgan fingerprint density at radius 2 is 1.72 bits per heavy atom. The molecule has 0 saturated carbocycles. The Bertz CT molecular complexity index is 644. The van der Waals surface area contributed by atoms with Gasteiger partial charge in [0.1, 0.15) is 0 Å². The van der Waals surface area contributed by atoms with Gasteiger partial charge in [-0.15, -0.1) is 0 Å². The van der Waals surface area contributed by atoms with Crippen molar-refractivity contribution < 1.29 is 4.79 Å². The molecule has 1 saturated heterocycles. The third-order valence-corrected chi connectivity index (χ3v) is 4.82. The Labute approximate surface area is 152 Å². The van der Waals surface area contributed by atoms with Crippen LogP contribution in [0.25, 0.3) is 0 Å². The molecule has 134 valence electrons. The number of aryl methyl sites for hydroxylation is 1. The van der Waals surface area contributed by atoms with E-state index in [1.54, 1.807) is 12.4 Å². The standard InChI is InChI=1S/C18H20N2O.C4H10/c1-14-7-10-19-13-17(14)18(21)20-11-8-16(9-12-20)15-5-3-2-4-6-15;1-3-4-2/h2-7,10,13,16H,8-9,11-12H2,1H3;3-4H2,1-2H3. The van der Waals surface area contributed by atoms with Crippen molar-refractivity contribution in [2.24, 2.45) is 0 Å². The summed E-state index contributed by atoms with van der Waals surface area (Å²) in [5, 5.41) is 0. The van der Waals surface area contributed by atoms with Crippen molar-refractivity contribution in [2.45, 2.75) is 52.4 Å². The topological polar surface area (TPSA) is 33.2 Å². The van der Waals surface area contributed by atoms with Crippen LogP contribution < -0.4 is 0 Å². The van der Waals surface area contributed by atoms with Gasteiger partial charge < -0.3 is 4.90 Å². The highest BCUT2D eigenvalue weighted by molar-refractivity contribution is 5.95. The lowest BCUT2D eigenvalue weighted by molar-refractivity contribution is 0.0712. The molecule has 3 heteroatoms. The van der Waals surface area contributed by atoms with E-state index < -0.39 is 0 Å². The van der Waals surface area contributed by atoms with Crippen LogP contribution in [0.15, 0.2) is 48.8 Å². The third-order valence-electron chi connectivity index (χ3n) is 4.82. The summed E-state index contributed by atoms with van der Waals surface area (Å²) in [5.41, 5.74) is 3.12.